The molecule has 0 aromatic carbocycles. The van der Waals surface area contributed by atoms with Gasteiger partial charge in [0.2, 0.25) is 5.91 Å². The summed E-state index contributed by atoms with van der Waals surface area (Å²) >= 11 is 1.94. The lowest BCUT2D eigenvalue weighted by atomic mass is 9.94. The van der Waals surface area contributed by atoms with Crippen LogP contribution in [0.3, 0.4) is 0 Å². The van der Waals surface area contributed by atoms with Crippen molar-refractivity contribution in [3.8, 4) is 0 Å². The zero-order valence-corrected chi connectivity index (χ0v) is 16.7. The van der Waals surface area contributed by atoms with E-state index in [1.165, 1.54) is 19.1 Å². The molecule has 3 aliphatic rings. The van der Waals surface area contributed by atoms with Crippen molar-refractivity contribution in [2.75, 3.05) is 50.8 Å². The number of amides is 2. The monoisotopic (exact) mass is 391 g/mol. The highest BCUT2D eigenvalue weighted by Gasteiger charge is 2.39. The molecule has 2 aliphatic heterocycles. The quantitative estimate of drug-likeness (QED) is 0.787. The third kappa shape index (κ3) is 4.19. The molecule has 6 nitrogen and oxygen atoms in total. The molecular formula is C20H29N3O3S. The van der Waals surface area contributed by atoms with Crippen molar-refractivity contribution >= 4 is 23.6 Å². The van der Waals surface area contributed by atoms with Crippen LogP contribution in [-0.2, 0) is 4.79 Å². The summed E-state index contributed by atoms with van der Waals surface area (Å²) in [6.45, 7) is 4.61. The maximum absolute atomic E-state index is 13.4. The van der Waals surface area contributed by atoms with Gasteiger partial charge in [-0.2, -0.15) is 11.8 Å². The van der Waals surface area contributed by atoms with Crippen LogP contribution < -0.4 is 0 Å². The highest BCUT2D eigenvalue weighted by Crippen LogP contribution is 2.32. The summed E-state index contributed by atoms with van der Waals surface area (Å²) in [5.74, 6) is 3.25. The smallest absolute Gasteiger partial charge is 0.289 e. The van der Waals surface area contributed by atoms with Crippen LogP contribution in [0, 0.1) is 5.92 Å². The average Bonchev–Trinajstić information content (AvgIpc) is 3.43. The molecule has 1 saturated carbocycles. The second-order valence-electron chi connectivity index (χ2n) is 7.73. The minimum absolute atomic E-state index is 0.00327. The maximum Gasteiger partial charge on any atom is 0.289 e. The maximum atomic E-state index is 13.4. The fourth-order valence-electron chi connectivity index (χ4n) is 4.66. The van der Waals surface area contributed by atoms with E-state index in [9.17, 15) is 9.59 Å². The van der Waals surface area contributed by atoms with E-state index in [1.807, 2.05) is 16.7 Å². The van der Waals surface area contributed by atoms with Gasteiger partial charge in [0.15, 0.2) is 5.76 Å². The van der Waals surface area contributed by atoms with Crippen LogP contribution in [0.1, 0.15) is 36.2 Å². The summed E-state index contributed by atoms with van der Waals surface area (Å²) in [6.07, 6.45) is 6.33. The van der Waals surface area contributed by atoms with Gasteiger partial charge in [-0.05, 0) is 30.9 Å². The first-order valence-electron chi connectivity index (χ1n) is 10.2. The third-order valence-corrected chi connectivity index (χ3v) is 7.09. The number of furan rings is 1. The van der Waals surface area contributed by atoms with Crippen molar-refractivity contribution in [3.05, 3.63) is 24.2 Å². The Labute approximate surface area is 165 Å². The molecule has 1 atom stereocenters. The van der Waals surface area contributed by atoms with Gasteiger partial charge < -0.3 is 14.2 Å². The lowest BCUT2D eigenvalue weighted by molar-refractivity contribution is -0.139. The van der Waals surface area contributed by atoms with Crippen molar-refractivity contribution in [1.29, 1.82) is 0 Å². The molecule has 1 aromatic heterocycles. The molecule has 0 radical (unpaired) electrons. The molecular weight excluding hydrogens is 362 g/mol. The van der Waals surface area contributed by atoms with Gasteiger partial charge >= 0.3 is 0 Å². The van der Waals surface area contributed by atoms with Gasteiger partial charge in [0.1, 0.15) is 0 Å². The minimum atomic E-state index is -0.0450. The number of hydrogen-bond donors (Lipinski definition) is 0. The van der Waals surface area contributed by atoms with Crippen LogP contribution in [0.5, 0.6) is 0 Å². The van der Waals surface area contributed by atoms with Crippen molar-refractivity contribution in [2.24, 2.45) is 5.92 Å². The van der Waals surface area contributed by atoms with E-state index >= 15 is 0 Å². The van der Waals surface area contributed by atoms with E-state index in [-0.39, 0.29) is 11.9 Å². The van der Waals surface area contributed by atoms with E-state index in [0.29, 0.717) is 30.7 Å². The van der Waals surface area contributed by atoms with Crippen LogP contribution in [-0.4, -0.2) is 83.3 Å². The highest BCUT2D eigenvalue weighted by atomic mass is 32.2. The molecule has 7 heteroatoms. The molecule has 1 aromatic rings. The molecule has 27 heavy (non-hydrogen) atoms. The number of rotatable bonds is 4. The lowest BCUT2D eigenvalue weighted by Crippen LogP contribution is -2.59. The predicted octanol–water partition coefficient (Wildman–Crippen LogP) is 2.17. The van der Waals surface area contributed by atoms with Crippen LogP contribution >= 0.6 is 11.8 Å². The molecule has 2 amide bonds. The third-order valence-electron chi connectivity index (χ3n) is 6.15. The van der Waals surface area contributed by atoms with Gasteiger partial charge in [-0.3, -0.25) is 14.5 Å². The number of hydrogen-bond acceptors (Lipinski definition) is 5. The van der Waals surface area contributed by atoms with Gasteiger partial charge in [-0.25, -0.2) is 0 Å². The second-order valence-corrected chi connectivity index (χ2v) is 8.96. The Hall–Kier alpha value is -1.47. The van der Waals surface area contributed by atoms with E-state index in [2.05, 4.69) is 9.80 Å². The number of piperazine rings is 1. The molecule has 1 unspecified atom stereocenters. The van der Waals surface area contributed by atoms with E-state index in [0.717, 1.165) is 50.5 Å². The fourth-order valence-corrected chi connectivity index (χ4v) is 5.56. The topological polar surface area (TPSA) is 57.0 Å². The first-order valence-corrected chi connectivity index (χ1v) is 11.3. The predicted molar refractivity (Wildman–Crippen MR) is 106 cm³/mol. The summed E-state index contributed by atoms with van der Waals surface area (Å²) in [7, 11) is 0. The van der Waals surface area contributed by atoms with E-state index in [4.69, 9.17) is 4.42 Å². The standard InChI is InChI=1S/C20H29N3O3S/c24-19(17-6-3-13-26-17)22-9-7-21(8-10-22)18(16-4-1-2-5-16)20(25)23-11-14-27-15-12-23/h3,6,13,16,18H,1-2,4-5,7-12,14-15H2. The van der Waals surface area contributed by atoms with Gasteiger partial charge in [0.05, 0.1) is 12.3 Å². The Balaban J connectivity index is 1.42. The first-order chi connectivity index (χ1) is 13.2. The van der Waals surface area contributed by atoms with Gasteiger partial charge in [-0.15, -0.1) is 0 Å². The van der Waals surface area contributed by atoms with Crippen molar-refractivity contribution < 1.29 is 14.0 Å². The van der Waals surface area contributed by atoms with Crippen LogP contribution in [0.15, 0.2) is 22.8 Å². The molecule has 0 bridgehead atoms. The van der Waals surface area contributed by atoms with Crippen LogP contribution in [0.25, 0.3) is 0 Å². The molecule has 0 spiro atoms. The van der Waals surface area contributed by atoms with Crippen molar-refractivity contribution in [2.45, 2.75) is 31.7 Å². The van der Waals surface area contributed by atoms with Gasteiger partial charge in [0.25, 0.3) is 5.91 Å². The summed E-state index contributed by atoms with van der Waals surface area (Å²) in [6, 6.07) is 3.46. The molecule has 2 saturated heterocycles. The molecule has 0 N–H and O–H groups in total. The molecule has 148 valence electrons. The molecule has 3 heterocycles. The largest absolute Gasteiger partial charge is 0.459 e. The Morgan fingerprint density at radius 2 is 1.70 bits per heavy atom. The minimum Gasteiger partial charge on any atom is -0.459 e. The molecule has 1 aliphatic carbocycles. The van der Waals surface area contributed by atoms with Crippen LogP contribution in [0.2, 0.25) is 0 Å². The van der Waals surface area contributed by atoms with Gasteiger partial charge in [-0.1, -0.05) is 12.8 Å². The zero-order chi connectivity index (χ0) is 18.6. The highest BCUT2D eigenvalue weighted by molar-refractivity contribution is 7.99. The van der Waals surface area contributed by atoms with Crippen molar-refractivity contribution in [1.82, 2.24) is 14.7 Å². The zero-order valence-electron chi connectivity index (χ0n) is 15.8. The normalized spacial score (nSPS) is 23.6. The van der Waals surface area contributed by atoms with E-state index < -0.39 is 0 Å². The lowest BCUT2D eigenvalue weighted by Gasteiger charge is -2.42. The Bertz CT molecular complexity index is 631. The number of thioether (sulfide) groups is 1. The van der Waals surface area contributed by atoms with E-state index in [1.54, 1.807) is 12.1 Å². The van der Waals surface area contributed by atoms with Crippen LogP contribution in [0.4, 0.5) is 0 Å². The Morgan fingerprint density at radius 3 is 2.33 bits per heavy atom. The molecule has 3 fully saturated rings. The van der Waals surface area contributed by atoms with Gasteiger partial charge in [0, 0.05) is 50.8 Å². The SMILES string of the molecule is O=C(c1ccco1)N1CCN(C(C(=O)N2CCSCC2)C2CCCC2)CC1. The number of nitrogens with zero attached hydrogens (tertiary/aromatic N) is 3. The second kappa shape index (κ2) is 8.69. The molecule has 4 rings (SSSR count). The summed E-state index contributed by atoms with van der Waals surface area (Å²) < 4.78 is 5.25. The number of carbonyl (C=O) groups is 2. The summed E-state index contributed by atoms with van der Waals surface area (Å²) in [5.41, 5.74) is 0. The first kappa shape index (κ1) is 18.9. The summed E-state index contributed by atoms with van der Waals surface area (Å²) in [5, 5.41) is 0. The van der Waals surface area contributed by atoms with Crippen molar-refractivity contribution in [3.63, 3.8) is 0 Å². The average molecular weight is 392 g/mol. The Kier molecular flexibility index (Phi) is 6.08. The fraction of sp³-hybridized carbons (Fsp3) is 0.700. The number of carbonyl (C=O) groups excluding carboxylic acids is 2. The Morgan fingerprint density at radius 1 is 1.00 bits per heavy atom. The summed E-state index contributed by atoms with van der Waals surface area (Å²) in [4.78, 5) is 32.2.